The van der Waals surface area contributed by atoms with Gasteiger partial charge in [0.25, 0.3) is 11.5 Å². The van der Waals surface area contributed by atoms with Gasteiger partial charge in [-0.1, -0.05) is 23.4 Å². The van der Waals surface area contributed by atoms with Crippen LogP contribution >= 0.6 is 0 Å². The summed E-state index contributed by atoms with van der Waals surface area (Å²) in [7, 11) is -2.63. The molecule has 1 fully saturated rings. The van der Waals surface area contributed by atoms with E-state index in [9.17, 15) is 22.7 Å². The molecule has 202 valence electrons. The lowest BCUT2D eigenvalue weighted by atomic mass is 10.1. The molecule has 4 aromatic rings. The molecule has 0 saturated carbocycles. The quantitative estimate of drug-likeness (QED) is 0.189. The van der Waals surface area contributed by atoms with Gasteiger partial charge in [-0.2, -0.15) is 9.40 Å². The zero-order chi connectivity index (χ0) is 27.6. The van der Waals surface area contributed by atoms with Gasteiger partial charge < -0.3 is 14.7 Å². The maximum absolute atomic E-state index is 14.2. The number of aromatic nitrogens is 2. The highest BCUT2D eigenvalue weighted by molar-refractivity contribution is 7.89. The molecule has 39 heavy (non-hydrogen) atoms. The zero-order valence-corrected chi connectivity index (χ0v) is 21.7. The SMILES string of the molecule is CO/N=C/[C@H]1C[C@@H](n2nc(CC(=O)O)c3ccc(F)cc32)CN1S(=O)(=O)c1ccc([OH+]c2ccccc2)cc1. The first-order chi connectivity index (χ1) is 18.8. The fourth-order valence-electron chi connectivity index (χ4n) is 4.74. The average molecular weight is 554 g/mol. The van der Waals surface area contributed by atoms with E-state index < -0.39 is 33.9 Å². The van der Waals surface area contributed by atoms with Gasteiger partial charge in [0.15, 0.2) is 0 Å². The van der Waals surface area contributed by atoms with Crippen LogP contribution in [0.4, 0.5) is 4.39 Å². The van der Waals surface area contributed by atoms with E-state index in [2.05, 4.69) is 15.0 Å². The molecule has 1 aliphatic rings. The molecule has 0 amide bonds. The lowest BCUT2D eigenvalue weighted by molar-refractivity contribution is -0.136. The van der Waals surface area contributed by atoms with Crippen molar-refractivity contribution in [1.82, 2.24) is 14.1 Å². The third-order valence-electron chi connectivity index (χ3n) is 6.48. The van der Waals surface area contributed by atoms with Crippen molar-refractivity contribution in [2.75, 3.05) is 13.7 Å². The van der Waals surface area contributed by atoms with Crippen LogP contribution < -0.4 is 0 Å². The molecule has 1 aromatic heterocycles. The number of aliphatic carboxylic acids is 1. The van der Waals surface area contributed by atoms with Crippen molar-refractivity contribution in [2.45, 2.75) is 29.8 Å². The first kappa shape index (κ1) is 26.3. The van der Waals surface area contributed by atoms with Crippen molar-refractivity contribution >= 4 is 33.1 Å². The Morgan fingerprint density at radius 3 is 2.56 bits per heavy atom. The van der Waals surface area contributed by atoms with Gasteiger partial charge in [0.1, 0.15) is 12.9 Å². The van der Waals surface area contributed by atoms with Crippen molar-refractivity contribution in [3.05, 3.63) is 84.3 Å². The highest BCUT2D eigenvalue weighted by Gasteiger charge is 2.41. The van der Waals surface area contributed by atoms with E-state index in [0.717, 1.165) is 5.75 Å². The lowest BCUT2D eigenvalue weighted by Gasteiger charge is -2.21. The molecule has 0 spiro atoms. The predicted molar refractivity (Wildman–Crippen MR) is 142 cm³/mol. The number of halogens is 1. The number of aromatic hydroxyl groups is 2. The van der Waals surface area contributed by atoms with Gasteiger partial charge in [0, 0.05) is 36.2 Å². The number of carboxylic acids is 1. The Kier molecular flexibility index (Phi) is 7.31. The lowest BCUT2D eigenvalue weighted by Crippen LogP contribution is -2.36. The Morgan fingerprint density at radius 1 is 1.15 bits per heavy atom. The number of oxime groups is 1. The number of carbonyl (C=O) groups is 1. The van der Waals surface area contributed by atoms with Crippen LogP contribution in [0.3, 0.4) is 0 Å². The number of para-hydroxylation sites is 1. The predicted octanol–water partition coefficient (Wildman–Crippen LogP) is 4.09. The second-order valence-corrected chi connectivity index (χ2v) is 10.9. The number of ether oxygens (including phenoxy) is 1. The monoisotopic (exact) mass is 553 g/mol. The summed E-state index contributed by atoms with van der Waals surface area (Å²) >= 11 is 0. The van der Waals surface area contributed by atoms with Crippen LogP contribution in [0.2, 0.25) is 0 Å². The van der Waals surface area contributed by atoms with Crippen molar-refractivity contribution in [3.8, 4) is 11.5 Å². The number of benzene rings is 3. The average Bonchev–Trinajstić information content (AvgIpc) is 3.50. The molecule has 12 heteroatoms. The van der Waals surface area contributed by atoms with Gasteiger partial charge in [-0.3, -0.25) is 9.48 Å². The van der Waals surface area contributed by atoms with E-state index in [1.165, 1.54) is 52.6 Å². The Hall–Kier alpha value is -4.29. The minimum Gasteiger partial charge on any atom is -0.546 e. The smallest absolute Gasteiger partial charge is 0.309 e. The third kappa shape index (κ3) is 5.47. The molecular weight excluding hydrogens is 527 g/mol. The highest BCUT2D eigenvalue weighted by atomic mass is 32.2. The Labute approximate surface area is 223 Å². The van der Waals surface area contributed by atoms with Gasteiger partial charge >= 0.3 is 5.97 Å². The van der Waals surface area contributed by atoms with Gasteiger partial charge in [0.2, 0.25) is 10.0 Å². The molecule has 5 rings (SSSR count). The molecule has 0 aliphatic carbocycles. The van der Waals surface area contributed by atoms with Crippen LogP contribution in [0, 0.1) is 5.82 Å². The van der Waals surface area contributed by atoms with Crippen molar-refractivity contribution in [3.63, 3.8) is 0 Å². The summed E-state index contributed by atoms with van der Waals surface area (Å²) in [5.74, 6) is -0.231. The fraction of sp³-hybridized carbons (Fsp3) is 0.222. The minimum absolute atomic E-state index is 0.0126. The van der Waals surface area contributed by atoms with Crippen molar-refractivity contribution in [1.29, 1.82) is 0 Å². The summed E-state index contributed by atoms with van der Waals surface area (Å²) in [6, 6.07) is 18.4. The Bertz CT molecular complexity index is 1620. The maximum atomic E-state index is 14.2. The maximum Gasteiger partial charge on any atom is 0.309 e. The molecular formula is C27H26FN4O6S+. The number of fused-ring (bicyclic) bond motifs is 1. The van der Waals surface area contributed by atoms with Gasteiger partial charge in [-0.15, -0.1) is 0 Å². The van der Waals surface area contributed by atoms with Crippen LogP contribution in [0.1, 0.15) is 18.2 Å². The number of hydrogen-bond acceptors (Lipinski definition) is 6. The van der Waals surface area contributed by atoms with E-state index in [1.54, 1.807) is 12.1 Å². The second-order valence-electron chi connectivity index (χ2n) is 9.03. The number of rotatable bonds is 9. The molecule has 10 nitrogen and oxygen atoms in total. The first-order valence-corrected chi connectivity index (χ1v) is 13.5. The third-order valence-corrected chi connectivity index (χ3v) is 8.39. The topological polar surface area (TPSA) is 127 Å². The van der Waals surface area contributed by atoms with Crippen LogP contribution in [0.25, 0.3) is 10.9 Å². The van der Waals surface area contributed by atoms with E-state index in [0.29, 0.717) is 16.7 Å². The van der Waals surface area contributed by atoms with Gasteiger partial charge in [-0.25, -0.2) is 12.8 Å². The van der Waals surface area contributed by atoms with E-state index in [-0.39, 0.29) is 30.0 Å². The summed E-state index contributed by atoms with van der Waals surface area (Å²) in [4.78, 5) is 16.3. The summed E-state index contributed by atoms with van der Waals surface area (Å²) in [6.45, 7) is 0.0126. The Morgan fingerprint density at radius 2 is 1.87 bits per heavy atom. The van der Waals surface area contributed by atoms with Crippen LogP contribution in [0.15, 0.2) is 82.8 Å². The number of hydrogen-bond donors (Lipinski definition) is 1. The minimum atomic E-state index is -3.99. The van der Waals surface area contributed by atoms with Crippen LogP contribution in [0.5, 0.6) is 11.5 Å². The molecule has 1 aliphatic heterocycles. The molecule has 0 radical (unpaired) electrons. The van der Waals surface area contributed by atoms with Crippen LogP contribution in [-0.4, -0.2) is 64.2 Å². The highest BCUT2D eigenvalue weighted by Crippen LogP contribution is 2.35. The number of carboxylic acid groups (broad SMARTS) is 1. The molecule has 2 N–H and O–H groups in total. The van der Waals surface area contributed by atoms with Gasteiger partial charge in [-0.05, 0) is 36.8 Å². The summed E-state index contributed by atoms with van der Waals surface area (Å²) in [6.07, 6.45) is 1.33. The largest absolute Gasteiger partial charge is 0.546 e. The standard InChI is InChI=1S/C27H25FN4O6S/c1-37-29-16-19-14-20(32-26-13-18(28)7-12-24(26)25(30-32)15-27(33)34)17-31(19)39(35,36)23-10-8-22(9-11-23)38-21-5-3-2-4-6-21/h2-13,16,19-20H,14-15,17H2,1H3,(H,33,34)/p+1/b29-16+/t19-,20-/m1/s1. The number of nitrogens with zero attached hydrogens (tertiary/aromatic N) is 4. The molecule has 1 saturated heterocycles. The van der Waals surface area contributed by atoms with Gasteiger partial charge in [0.05, 0.1) is 40.8 Å². The Balaban J connectivity index is 1.46. The molecule has 3 aromatic carbocycles. The first-order valence-electron chi connectivity index (χ1n) is 12.1. The van der Waals surface area contributed by atoms with E-state index in [4.69, 9.17) is 4.84 Å². The van der Waals surface area contributed by atoms with Crippen LogP contribution in [-0.2, 0) is 26.1 Å². The van der Waals surface area contributed by atoms with Crippen molar-refractivity contribution in [2.24, 2.45) is 5.16 Å². The summed E-state index contributed by atoms with van der Waals surface area (Å²) in [5.41, 5.74) is 0.670. The second kappa shape index (κ2) is 10.8. The number of sulfonamides is 1. The van der Waals surface area contributed by atoms with E-state index in [1.807, 2.05) is 30.3 Å². The molecule has 0 unspecified atom stereocenters. The summed E-state index contributed by atoms with van der Waals surface area (Å²) in [5, 5.41) is 18.1. The summed E-state index contributed by atoms with van der Waals surface area (Å²) < 4.78 is 49.0. The normalized spacial score (nSPS) is 18.1. The van der Waals surface area contributed by atoms with Crippen molar-refractivity contribution < 1.29 is 32.3 Å². The molecule has 2 heterocycles. The molecule has 2 atom stereocenters. The zero-order valence-electron chi connectivity index (χ0n) is 20.9. The molecule has 0 bridgehead atoms. The van der Waals surface area contributed by atoms with E-state index >= 15 is 0 Å². The fourth-order valence-corrected chi connectivity index (χ4v) is 6.36.